The van der Waals surface area contributed by atoms with Crippen LogP contribution >= 0.6 is 0 Å². The molecule has 2 nitrogen and oxygen atoms in total. The van der Waals surface area contributed by atoms with Gasteiger partial charge < -0.3 is 10.2 Å². The lowest BCUT2D eigenvalue weighted by molar-refractivity contribution is -0.154. The molecule has 0 aromatic heterocycles. The van der Waals surface area contributed by atoms with Crippen LogP contribution in [0.25, 0.3) is 0 Å². The summed E-state index contributed by atoms with van der Waals surface area (Å²) < 4.78 is 13.2. The first-order valence-corrected chi connectivity index (χ1v) is 4.18. The van der Waals surface area contributed by atoms with Gasteiger partial charge in [-0.3, -0.25) is 0 Å². The van der Waals surface area contributed by atoms with E-state index in [1.54, 1.807) is 6.07 Å². The fraction of sp³-hybridized carbons (Fsp3) is 0.400. The highest BCUT2D eigenvalue weighted by atomic mass is 19.1. The maximum Gasteiger partial charge on any atom is 0.189 e. The number of hydrogen-bond donors (Lipinski definition) is 2. The molecule has 1 aromatic carbocycles. The largest absolute Gasteiger partial charge is 0.362 e. The van der Waals surface area contributed by atoms with Gasteiger partial charge in [0.15, 0.2) is 5.79 Å². The Hall–Kier alpha value is -0.930. The molecule has 0 spiro atoms. The van der Waals surface area contributed by atoms with E-state index in [1.807, 2.05) is 6.92 Å². The van der Waals surface area contributed by atoms with Crippen molar-refractivity contribution in [3.05, 3.63) is 35.1 Å². The molecule has 0 aliphatic carbocycles. The highest BCUT2D eigenvalue weighted by Gasteiger charge is 2.22. The third-order valence-corrected chi connectivity index (χ3v) is 1.95. The van der Waals surface area contributed by atoms with Crippen LogP contribution in [0.15, 0.2) is 18.2 Å². The predicted molar refractivity (Wildman–Crippen MR) is 47.6 cm³/mol. The summed E-state index contributed by atoms with van der Waals surface area (Å²) in [6.45, 7) is 3.04. The predicted octanol–water partition coefficient (Wildman–Crippen LogP) is 1.55. The SMILES string of the molecule is CCc1ccc(C(C)(O)O)c(F)c1. The number of aliphatic hydroxyl groups is 2. The zero-order valence-corrected chi connectivity index (χ0v) is 7.71. The summed E-state index contributed by atoms with van der Waals surface area (Å²) in [7, 11) is 0. The number of halogens is 1. The van der Waals surface area contributed by atoms with E-state index < -0.39 is 11.6 Å². The van der Waals surface area contributed by atoms with Crippen LogP contribution in [0.1, 0.15) is 25.0 Å². The molecule has 0 saturated carbocycles. The van der Waals surface area contributed by atoms with Crippen LogP contribution in [0.2, 0.25) is 0 Å². The minimum atomic E-state index is -2.10. The van der Waals surface area contributed by atoms with E-state index in [0.29, 0.717) is 0 Å². The number of aryl methyl sites for hydroxylation is 1. The number of rotatable bonds is 2. The summed E-state index contributed by atoms with van der Waals surface area (Å²) in [5, 5.41) is 18.3. The Bertz CT molecular complexity index is 302. The fourth-order valence-electron chi connectivity index (χ4n) is 1.16. The van der Waals surface area contributed by atoms with E-state index >= 15 is 0 Å². The molecule has 3 heteroatoms. The Balaban J connectivity index is 3.13. The molecule has 0 saturated heterocycles. The first kappa shape index (κ1) is 10.2. The second-order valence-corrected chi connectivity index (χ2v) is 3.19. The van der Waals surface area contributed by atoms with Crippen molar-refractivity contribution in [1.29, 1.82) is 0 Å². The maximum atomic E-state index is 13.2. The number of benzene rings is 1. The molecule has 13 heavy (non-hydrogen) atoms. The van der Waals surface area contributed by atoms with Gasteiger partial charge in [-0.15, -0.1) is 0 Å². The molecule has 0 aliphatic rings. The van der Waals surface area contributed by atoms with Gasteiger partial charge in [-0.2, -0.15) is 0 Å². The monoisotopic (exact) mass is 184 g/mol. The average Bonchev–Trinajstić information content (AvgIpc) is 2.01. The highest BCUT2D eigenvalue weighted by Crippen LogP contribution is 2.21. The summed E-state index contributed by atoms with van der Waals surface area (Å²) in [5.74, 6) is -2.68. The third kappa shape index (κ3) is 2.26. The van der Waals surface area contributed by atoms with E-state index in [0.717, 1.165) is 18.9 Å². The zero-order chi connectivity index (χ0) is 10.1. The first-order valence-electron chi connectivity index (χ1n) is 4.18. The van der Waals surface area contributed by atoms with Gasteiger partial charge in [0.1, 0.15) is 5.82 Å². The number of hydrogen-bond acceptors (Lipinski definition) is 2. The van der Waals surface area contributed by atoms with Gasteiger partial charge >= 0.3 is 0 Å². The molecule has 0 amide bonds. The van der Waals surface area contributed by atoms with E-state index in [-0.39, 0.29) is 5.56 Å². The molecule has 0 fully saturated rings. The van der Waals surface area contributed by atoms with Gasteiger partial charge in [-0.1, -0.05) is 19.1 Å². The summed E-state index contributed by atoms with van der Waals surface area (Å²) in [4.78, 5) is 0. The van der Waals surface area contributed by atoms with Crippen LogP contribution in [0.4, 0.5) is 4.39 Å². The molecule has 0 unspecified atom stereocenters. The quantitative estimate of drug-likeness (QED) is 0.684. The molecule has 1 aromatic rings. The smallest absolute Gasteiger partial charge is 0.189 e. The van der Waals surface area contributed by atoms with Gasteiger partial charge in [0.2, 0.25) is 0 Å². The summed E-state index contributed by atoms with van der Waals surface area (Å²) in [6, 6.07) is 4.40. The normalized spacial score (nSPS) is 11.8. The lowest BCUT2D eigenvalue weighted by atomic mass is 10.0. The summed E-state index contributed by atoms with van der Waals surface area (Å²) >= 11 is 0. The van der Waals surface area contributed by atoms with Crippen molar-refractivity contribution in [2.75, 3.05) is 0 Å². The molecular formula is C10H13FO2. The Kier molecular flexibility index (Phi) is 2.68. The van der Waals surface area contributed by atoms with Crippen molar-refractivity contribution in [2.45, 2.75) is 26.1 Å². The van der Waals surface area contributed by atoms with Crippen LogP contribution in [0.5, 0.6) is 0 Å². The van der Waals surface area contributed by atoms with Crippen molar-refractivity contribution < 1.29 is 14.6 Å². The molecule has 0 bridgehead atoms. The van der Waals surface area contributed by atoms with Crippen molar-refractivity contribution in [2.24, 2.45) is 0 Å². The van der Waals surface area contributed by atoms with Crippen LogP contribution in [-0.2, 0) is 12.2 Å². The van der Waals surface area contributed by atoms with E-state index in [9.17, 15) is 4.39 Å². The van der Waals surface area contributed by atoms with Gasteiger partial charge in [0, 0.05) is 5.56 Å². The summed E-state index contributed by atoms with van der Waals surface area (Å²) in [6.07, 6.45) is 0.727. The fourth-order valence-corrected chi connectivity index (χ4v) is 1.16. The topological polar surface area (TPSA) is 40.5 Å². The Morgan fingerprint density at radius 2 is 2.00 bits per heavy atom. The van der Waals surface area contributed by atoms with Crippen molar-refractivity contribution in [1.82, 2.24) is 0 Å². The lowest BCUT2D eigenvalue weighted by Crippen LogP contribution is -2.21. The zero-order valence-electron chi connectivity index (χ0n) is 7.71. The molecule has 0 aliphatic heterocycles. The molecule has 1 rings (SSSR count). The van der Waals surface area contributed by atoms with E-state index in [1.165, 1.54) is 12.1 Å². The van der Waals surface area contributed by atoms with Crippen LogP contribution in [0, 0.1) is 5.82 Å². The molecule has 2 N–H and O–H groups in total. The van der Waals surface area contributed by atoms with Gasteiger partial charge in [0.05, 0.1) is 0 Å². The lowest BCUT2D eigenvalue weighted by Gasteiger charge is -2.17. The Morgan fingerprint density at radius 3 is 2.38 bits per heavy atom. The Morgan fingerprint density at radius 1 is 1.38 bits per heavy atom. The second kappa shape index (κ2) is 3.44. The highest BCUT2D eigenvalue weighted by molar-refractivity contribution is 5.26. The standard InChI is InChI=1S/C10H13FO2/c1-3-7-4-5-8(9(11)6-7)10(2,12)13/h4-6,12-13H,3H2,1-2H3. The van der Waals surface area contributed by atoms with E-state index in [2.05, 4.69) is 0 Å². The first-order chi connectivity index (χ1) is 5.95. The molecule has 0 atom stereocenters. The van der Waals surface area contributed by atoms with Crippen molar-refractivity contribution in [3.8, 4) is 0 Å². The van der Waals surface area contributed by atoms with Gasteiger partial charge in [-0.05, 0) is 25.0 Å². The Labute approximate surface area is 76.6 Å². The van der Waals surface area contributed by atoms with Gasteiger partial charge in [-0.25, -0.2) is 4.39 Å². The molecular weight excluding hydrogens is 171 g/mol. The average molecular weight is 184 g/mol. The summed E-state index contributed by atoms with van der Waals surface area (Å²) in [5.41, 5.74) is 0.746. The molecule has 0 heterocycles. The minimum absolute atomic E-state index is 0.0929. The van der Waals surface area contributed by atoms with Crippen molar-refractivity contribution >= 4 is 0 Å². The maximum absolute atomic E-state index is 13.2. The van der Waals surface area contributed by atoms with E-state index in [4.69, 9.17) is 10.2 Å². The van der Waals surface area contributed by atoms with Gasteiger partial charge in [0.25, 0.3) is 0 Å². The van der Waals surface area contributed by atoms with Crippen LogP contribution < -0.4 is 0 Å². The van der Waals surface area contributed by atoms with Crippen molar-refractivity contribution in [3.63, 3.8) is 0 Å². The third-order valence-electron chi connectivity index (χ3n) is 1.95. The van der Waals surface area contributed by atoms with Crippen LogP contribution in [-0.4, -0.2) is 10.2 Å². The second-order valence-electron chi connectivity index (χ2n) is 3.19. The van der Waals surface area contributed by atoms with Crippen LogP contribution in [0.3, 0.4) is 0 Å². The molecule has 72 valence electrons. The minimum Gasteiger partial charge on any atom is -0.362 e. The molecule has 0 radical (unpaired) electrons.